The SMILES string of the molecule is CCC(NC)c1cccc(-n2cc(C(F)(F)F)cn2)c1. The number of hydrogen-bond acceptors (Lipinski definition) is 2. The van der Waals surface area contributed by atoms with Crippen molar-refractivity contribution in [2.24, 2.45) is 0 Å². The highest BCUT2D eigenvalue weighted by Gasteiger charge is 2.32. The summed E-state index contributed by atoms with van der Waals surface area (Å²) in [6, 6.07) is 7.52. The molecule has 0 amide bonds. The van der Waals surface area contributed by atoms with Crippen LogP contribution in [0, 0.1) is 0 Å². The van der Waals surface area contributed by atoms with Gasteiger partial charge in [-0.2, -0.15) is 18.3 Å². The van der Waals surface area contributed by atoms with Gasteiger partial charge in [-0.05, 0) is 31.2 Å². The first-order chi connectivity index (χ1) is 9.45. The number of benzene rings is 1. The van der Waals surface area contributed by atoms with E-state index in [1.165, 1.54) is 4.68 Å². The van der Waals surface area contributed by atoms with E-state index in [4.69, 9.17) is 0 Å². The van der Waals surface area contributed by atoms with Gasteiger partial charge in [0.2, 0.25) is 0 Å². The summed E-state index contributed by atoms with van der Waals surface area (Å²) < 4.78 is 39.0. The highest BCUT2D eigenvalue weighted by molar-refractivity contribution is 5.37. The third kappa shape index (κ3) is 3.01. The fourth-order valence-corrected chi connectivity index (χ4v) is 2.10. The van der Waals surface area contributed by atoms with Crippen LogP contribution in [0.2, 0.25) is 0 Å². The van der Waals surface area contributed by atoms with Crippen LogP contribution in [-0.4, -0.2) is 16.8 Å². The molecule has 0 saturated carbocycles. The first-order valence-electron chi connectivity index (χ1n) is 6.35. The molecule has 1 atom stereocenters. The normalized spacial score (nSPS) is 13.4. The van der Waals surface area contributed by atoms with Crippen molar-refractivity contribution in [2.45, 2.75) is 25.6 Å². The molecule has 0 bridgehead atoms. The van der Waals surface area contributed by atoms with Crippen LogP contribution in [0.5, 0.6) is 0 Å². The Bertz CT molecular complexity index is 571. The monoisotopic (exact) mass is 283 g/mol. The molecule has 3 nitrogen and oxygen atoms in total. The molecule has 0 fully saturated rings. The summed E-state index contributed by atoms with van der Waals surface area (Å²) in [6.45, 7) is 2.05. The van der Waals surface area contributed by atoms with E-state index in [1.54, 1.807) is 6.07 Å². The molecule has 0 spiro atoms. The maximum absolute atomic E-state index is 12.6. The standard InChI is InChI=1S/C14H16F3N3/c1-3-13(18-2)10-5-4-6-12(7-10)20-9-11(8-19-20)14(15,16)17/h4-9,13,18H,3H2,1-2H3. The molecule has 1 N–H and O–H groups in total. The van der Waals surface area contributed by atoms with E-state index >= 15 is 0 Å². The third-order valence-electron chi connectivity index (χ3n) is 3.20. The van der Waals surface area contributed by atoms with Gasteiger partial charge in [-0.1, -0.05) is 19.1 Å². The minimum absolute atomic E-state index is 0.174. The summed E-state index contributed by atoms with van der Waals surface area (Å²) in [5, 5.41) is 6.95. The van der Waals surface area contributed by atoms with E-state index in [-0.39, 0.29) is 6.04 Å². The average molecular weight is 283 g/mol. The van der Waals surface area contributed by atoms with E-state index in [0.717, 1.165) is 24.4 Å². The molecule has 0 aliphatic rings. The molecule has 2 rings (SSSR count). The Morgan fingerprint density at radius 3 is 2.65 bits per heavy atom. The van der Waals surface area contributed by atoms with E-state index < -0.39 is 11.7 Å². The van der Waals surface area contributed by atoms with Crippen LogP contribution in [-0.2, 0) is 6.18 Å². The molecular weight excluding hydrogens is 267 g/mol. The van der Waals surface area contributed by atoms with Crippen LogP contribution in [0.4, 0.5) is 13.2 Å². The van der Waals surface area contributed by atoms with Crippen LogP contribution >= 0.6 is 0 Å². The lowest BCUT2D eigenvalue weighted by Gasteiger charge is -2.15. The van der Waals surface area contributed by atoms with Crippen molar-refractivity contribution in [2.75, 3.05) is 7.05 Å². The zero-order chi connectivity index (χ0) is 14.8. The molecule has 1 heterocycles. The molecule has 2 aromatic rings. The second kappa shape index (κ2) is 5.66. The minimum Gasteiger partial charge on any atom is -0.313 e. The Kier molecular flexibility index (Phi) is 4.13. The van der Waals surface area contributed by atoms with Crippen molar-refractivity contribution < 1.29 is 13.2 Å². The number of hydrogen-bond donors (Lipinski definition) is 1. The van der Waals surface area contributed by atoms with Gasteiger partial charge in [0.1, 0.15) is 0 Å². The first-order valence-corrected chi connectivity index (χ1v) is 6.35. The molecule has 1 unspecified atom stereocenters. The summed E-state index contributed by atoms with van der Waals surface area (Å²) in [7, 11) is 1.86. The molecule has 0 radical (unpaired) electrons. The zero-order valence-corrected chi connectivity index (χ0v) is 11.3. The lowest BCUT2D eigenvalue weighted by Crippen LogP contribution is -2.15. The highest BCUT2D eigenvalue weighted by atomic mass is 19.4. The van der Waals surface area contributed by atoms with Crippen LogP contribution < -0.4 is 5.32 Å². The van der Waals surface area contributed by atoms with Crippen LogP contribution in [0.3, 0.4) is 0 Å². The first kappa shape index (κ1) is 14.6. The van der Waals surface area contributed by atoms with Gasteiger partial charge in [0.05, 0.1) is 17.4 Å². The van der Waals surface area contributed by atoms with E-state index in [1.807, 2.05) is 32.2 Å². The smallest absolute Gasteiger partial charge is 0.313 e. The lowest BCUT2D eigenvalue weighted by molar-refractivity contribution is -0.137. The second-order valence-corrected chi connectivity index (χ2v) is 4.52. The minimum atomic E-state index is -4.37. The van der Waals surface area contributed by atoms with Gasteiger partial charge in [0.25, 0.3) is 0 Å². The van der Waals surface area contributed by atoms with E-state index in [2.05, 4.69) is 10.4 Å². The maximum atomic E-state index is 12.6. The van der Waals surface area contributed by atoms with Gasteiger partial charge >= 0.3 is 6.18 Å². The molecule has 0 aliphatic carbocycles. The molecule has 20 heavy (non-hydrogen) atoms. The molecule has 108 valence electrons. The Labute approximate surface area is 115 Å². The second-order valence-electron chi connectivity index (χ2n) is 4.52. The number of halogens is 3. The Hall–Kier alpha value is -1.82. The number of nitrogens with one attached hydrogen (secondary N) is 1. The van der Waals surface area contributed by atoms with Crippen LogP contribution in [0.25, 0.3) is 5.69 Å². The number of rotatable bonds is 4. The van der Waals surface area contributed by atoms with Crippen LogP contribution in [0.1, 0.15) is 30.5 Å². The predicted octanol–water partition coefficient (Wildman–Crippen LogP) is 3.56. The van der Waals surface area contributed by atoms with Crippen molar-refractivity contribution in [3.05, 3.63) is 47.8 Å². The lowest BCUT2D eigenvalue weighted by atomic mass is 10.0. The zero-order valence-electron chi connectivity index (χ0n) is 11.3. The van der Waals surface area contributed by atoms with Gasteiger partial charge in [0.15, 0.2) is 0 Å². The summed E-state index contributed by atoms with van der Waals surface area (Å²) in [6.07, 6.45) is -1.64. The number of alkyl halides is 3. The Morgan fingerprint density at radius 2 is 2.10 bits per heavy atom. The summed E-state index contributed by atoms with van der Waals surface area (Å²) >= 11 is 0. The Morgan fingerprint density at radius 1 is 1.35 bits per heavy atom. The van der Waals surface area contributed by atoms with Crippen molar-refractivity contribution in [3.8, 4) is 5.69 Å². The largest absolute Gasteiger partial charge is 0.419 e. The topological polar surface area (TPSA) is 29.9 Å². The van der Waals surface area contributed by atoms with Crippen molar-refractivity contribution in [1.29, 1.82) is 0 Å². The summed E-state index contributed by atoms with van der Waals surface area (Å²) in [5.41, 5.74) is 0.895. The molecule has 1 aromatic heterocycles. The summed E-state index contributed by atoms with van der Waals surface area (Å²) in [5.74, 6) is 0. The Balaban J connectivity index is 2.34. The maximum Gasteiger partial charge on any atom is 0.419 e. The highest BCUT2D eigenvalue weighted by Crippen LogP contribution is 2.29. The van der Waals surface area contributed by atoms with Gasteiger partial charge in [-0.25, -0.2) is 4.68 Å². The van der Waals surface area contributed by atoms with Gasteiger partial charge in [-0.15, -0.1) is 0 Å². The third-order valence-corrected chi connectivity index (χ3v) is 3.20. The number of nitrogens with zero attached hydrogens (tertiary/aromatic N) is 2. The number of aromatic nitrogens is 2. The van der Waals surface area contributed by atoms with Gasteiger partial charge in [0, 0.05) is 12.2 Å². The molecule has 0 aliphatic heterocycles. The molecule has 1 aromatic carbocycles. The molecule has 6 heteroatoms. The van der Waals surface area contributed by atoms with E-state index in [9.17, 15) is 13.2 Å². The van der Waals surface area contributed by atoms with Gasteiger partial charge in [-0.3, -0.25) is 0 Å². The van der Waals surface area contributed by atoms with E-state index in [0.29, 0.717) is 5.69 Å². The van der Waals surface area contributed by atoms with Crippen molar-refractivity contribution >= 4 is 0 Å². The van der Waals surface area contributed by atoms with Crippen molar-refractivity contribution in [1.82, 2.24) is 15.1 Å². The average Bonchev–Trinajstić information content (AvgIpc) is 2.90. The quantitative estimate of drug-likeness (QED) is 0.929. The van der Waals surface area contributed by atoms with Crippen molar-refractivity contribution in [3.63, 3.8) is 0 Å². The van der Waals surface area contributed by atoms with Gasteiger partial charge < -0.3 is 5.32 Å². The van der Waals surface area contributed by atoms with Crippen LogP contribution in [0.15, 0.2) is 36.7 Å². The molecular formula is C14H16F3N3. The summed E-state index contributed by atoms with van der Waals surface area (Å²) in [4.78, 5) is 0. The predicted molar refractivity (Wildman–Crippen MR) is 70.7 cm³/mol. The molecule has 0 saturated heterocycles. The fourth-order valence-electron chi connectivity index (χ4n) is 2.10. The fraction of sp³-hybridized carbons (Fsp3) is 0.357.